The van der Waals surface area contributed by atoms with Crippen molar-refractivity contribution in [1.29, 1.82) is 5.26 Å². The fourth-order valence-electron chi connectivity index (χ4n) is 3.18. The molecule has 0 aromatic heterocycles. The van der Waals surface area contributed by atoms with E-state index in [2.05, 4.69) is 0 Å². The summed E-state index contributed by atoms with van der Waals surface area (Å²) in [7, 11) is -4.56. The van der Waals surface area contributed by atoms with Gasteiger partial charge in [0, 0.05) is 12.6 Å². The summed E-state index contributed by atoms with van der Waals surface area (Å²) >= 11 is 5.68. The van der Waals surface area contributed by atoms with Crippen LogP contribution in [0.1, 0.15) is 11.1 Å². The van der Waals surface area contributed by atoms with Gasteiger partial charge in [0.2, 0.25) is 10.0 Å². The number of nitriles is 1. The predicted molar refractivity (Wildman–Crippen MR) is 103 cm³/mol. The summed E-state index contributed by atoms with van der Waals surface area (Å²) in [4.78, 5) is -0.696. The third kappa shape index (κ3) is 4.53. The molecule has 32 heavy (non-hydrogen) atoms. The zero-order valence-corrected chi connectivity index (χ0v) is 17.5. The average molecular weight is 495 g/mol. The normalized spacial score (nSPS) is 22.0. The van der Waals surface area contributed by atoms with Crippen LogP contribution in [0.3, 0.4) is 0 Å². The Balaban J connectivity index is 1.94. The van der Waals surface area contributed by atoms with E-state index < -0.39 is 69.4 Å². The Hall–Kier alpha value is -2.43. The van der Waals surface area contributed by atoms with Crippen molar-refractivity contribution in [3.8, 4) is 11.8 Å². The molecule has 0 aliphatic carbocycles. The molecule has 13 heteroatoms. The molecule has 1 saturated heterocycles. The summed E-state index contributed by atoms with van der Waals surface area (Å²) in [6.45, 7) is -2.10. The van der Waals surface area contributed by atoms with Gasteiger partial charge in [-0.25, -0.2) is 12.8 Å². The number of halogens is 5. The van der Waals surface area contributed by atoms with Crippen LogP contribution in [0.4, 0.5) is 17.6 Å². The van der Waals surface area contributed by atoms with Crippen LogP contribution in [0.2, 0.25) is 5.02 Å². The van der Waals surface area contributed by atoms with Crippen LogP contribution in [-0.2, 0) is 16.2 Å². The number of sulfonamides is 1. The second-order valence-electron chi connectivity index (χ2n) is 7.06. The Kier molecular flexibility index (Phi) is 6.43. The van der Waals surface area contributed by atoms with Gasteiger partial charge >= 0.3 is 6.18 Å². The molecule has 2 aromatic rings. The number of benzene rings is 2. The Bertz CT molecular complexity index is 1190. The third-order valence-electron chi connectivity index (χ3n) is 4.91. The summed E-state index contributed by atoms with van der Waals surface area (Å²) in [6.07, 6.45) is -6.11. The fourth-order valence-corrected chi connectivity index (χ4v) is 4.98. The van der Waals surface area contributed by atoms with Crippen molar-refractivity contribution >= 4 is 21.6 Å². The molecular formula is C19H15ClF4N2O5S. The molecule has 0 spiro atoms. The van der Waals surface area contributed by atoms with Crippen molar-refractivity contribution in [2.45, 2.75) is 22.8 Å². The number of alkyl halides is 3. The van der Waals surface area contributed by atoms with Gasteiger partial charge in [-0.15, -0.1) is 0 Å². The van der Waals surface area contributed by atoms with Gasteiger partial charge in [0.1, 0.15) is 29.3 Å². The number of hydrogen-bond donors (Lipinski definition) is 2. The van der Waals surface area contributed by atoms with E-state index in [1.807, 2.05) is 0 Å². The highest BCUT2D eigenvalue weighted by atomic mass is 35.5. The van der Waals surface area contributed by atoms with E-state index in [1.54, 1.807) is 0 Å². The molecule has 2 atom stereocenters. The molecule has 1 heterocycles. The van der Waals surface area contributed by atoms with E-state index >= 15 is 0 Å². The molecule has 0 saturated carbocycles. The summed E-state index contributed by atoms with van der Waals surface area (Å²) in [6, 6.07) is 6.29. The number of rotatable bonds is 5. The van der Waals surface area contributed by atoms with Crippen LogP contribution in [0, 0.1) is 17.1 Å². The van der Waals surface area contributed by atoms with Crippen molar-refractivity contribution < 1.29 is 40.9 Å². The number of β-amino-alcohol motifs (C(OH)–C–C–N with tert-alkyl or cyclic N) is 1. The van der Waals surface area contributed by atoms with Crippen molar-refractivity contribution in [2.75, 3.05) is 19.7 Å². The number of aliphatic hydroxyl groups is 2. The summed E-state index contributed by atoms with van der Waals surface area (Å²) < 4.78 is 84.4. The first kappa shape index (κ1) is 24.2. The monoisotopic (exact) mass is 494 g/mol. The molecule has 3 rings (SSSR count). The lowest BCUT2D eigenvalue weighted by molar-refractivity contribution is -0.137. The van der Waals surface area contributed by atoms with Crippen molar-refractivity contribution in [1.82, 2.24) is 4.31 Å². The van der Waals surface area contributed by atoms with Crippen LogP contribution < -0.4 is 4.74 Å². The zero-order chi connectivity index (χ0) is 23.9. The Morgan fingerprint density at radius 1 is 1.28 bits per heavy atom. The number of aliphatic hydroxyl groups excluding tert-OH is 1. The van der Waals surface area contributed by atoms with Gasteiger partial charge in [0.05, 0.1) is 34.2 Å². The van der Waals surface area contributed by atoms with E-state index in [-0.39, 0.29) is 10.8 Å². The Morgan fingerprint density at radius 2 is 1.97 bits per heavy atom. The first-order valence-corrected chi connectivity index (χ1v) is 10.7. The standard InChI is InChI=1S/C19H15ClF4N2O5S/c20-14-6-13(2-3-15(14)21)31-17-8-26(9-18(17,28)10-27)32(29,30)16-4-1-12(19(22,23)24)5-11(16)7-25/h1-6,17,27-28H,8-10H2/t17-,18+/m0/s1. The van der Waals surface area contributed by atoms with Gasteiger partial charge in [-0.1, -0.05) is 11.6 Å². The minimum atomic E-state index is -4.78. The maximum Gasteiger partial charge on any atom is 0.416 e. The molecule has 0 unspecified atom stereocenters. The highest BCUT2D eigenvalue weighted by molar-refractivity contribution is 7.89. The highest BCUT2D eigenvalue weighted by Crippen LogP contribution is 2.35. The van der Waals surface area contributed by atoms with E-state index in [9.17, 15) is 41.5 Å². The first-order valence-electron chi connectivity index (χ1n) is 8.88. The third-order valence-corrected chi connectivity index (χ3v) is 7.07. The topological polar surface area (TPSA) is 111 Å². The predicted octanol–water partition coefficient (Wildman–Crippen LogP) is 2.54. The van der Waals surface area contributed by atoms with Gasteiger partial charge in [-0.2, -0.15) is 22.7 Å². The van der Waals surface area contributed by atoms with Crippen LogP contribution in [0.25, 0.3) is 0 Å². The minimum Gasteiger partial charge on any atom is -0.486 e. The molecule has 172 valence electrons. The van der Waals surface area contributed by atoms with Crippen molar-refractivity contribution in [2.24, 2.45) is 0 Å². The van der Waals surface area contributed by atoms with Crippen LogP contribution in [0.5, 0.6) is 5.75 Å². The molecule has 0 bridgehead atoms. The Labute approximate surface area is 185 Å². The van der Waals surface area contributed by atoms with E-state index in [4.69, 9.17) is 16.3 Å². The number of nitrogens with zero attached hydrogens (tertiary/aromatic N) is 2. The number of hydrogen-bond acceptors (Lipinski definition) is 6. The maximum atomic E-state index is 13.3. The fraction of sp³-hybridized carbons (Fsp3) is 0.316. The summed E-state index contributed by atoms with van der Waals surface area (Å²) in [5.74, 6) is -0.752. The van der Waals surface area contributed by atoms with Crippen molar-refractivity contribution in [3.63, 3.8) is 0 Å². The van der Waals surface area contributed by atoms with Gasteiger partial charge < -0.3 is 14.9 Å². The lowest BCUT2D eigenvalue weighted by Gasteiger charge is -2.27. The lowest BCUT2D eigenvalue weighted by Crippen LogP contribution is -2.48. The first-order chi connectivity index (χ1) is 14.8. The minimum absolute atomic E-state index is 0.0141. The second kappa shape index (κ2) is 8.49. The van der Waals surface area contributed by atoms with Gasteiger partial charge in [0.25, 0.3) is 0 Å². The average Bonchev–Trinajstić information content (AvgIpc) is 3.07. The summed E-state index contributed by atoms with van der Waals surface area (Å²) in [5.41, 5.74) is -4.02. The quantitative estimate of drug-likeness (QED) is 0.618. The molecule has 0 radical (unpaired) electrons. The molecule has 1 fully saturated rings. The van der Waals surface area contributed by atoms with Crippen LogP contribution in [0.15, 0.2) is 41.3 Å². The molecule has 2 aromatic carbocycles. The van der Waals surface area contributed by atoms with E-state index in [0.717, 1.165) is 12.1 Å². The highest BCUT2D eigenvalue weighted by Gasteiger charge is 2.51. The lowest BCUT2D eigenvalue weighted by atomic mass is 10.0. The van der Waals surface area contributed by atoms with E-state index in [0.29, 0.717) is 22.5 Å². The van der Waals surface area contributed by atoms with E-state index in [1.165, 1.54) is 12.1 Å². The summed E-state index contributed by atoms with van der Waals surface area (Å²) in [5, 5.41) is 29.2. The zero-order valence-electron chi connectivity index (χ0n) is 16.0. The molecule has 1 aliphatic rings. The SMILES string of the molecule is N#Cc1cc(C(F)(F)F)ccc1S(=O)(=O)N1C[C@H](Oc2ccc(F)c(Cl)c2)[C@](O)(CO)C1. The molecule has 1 aliphatic heterocycles. The molecule has 7 nitrogen and oxygen atoms in total. The maximum absolute atomic E-state index is 13.3. The van der Waals surface area contributed by atoms with Crippen LogP contribution in [-0.4, -0.2) is 54.3 Å². The number of ether oxygens (including phenoxy) is 1. The van der Waals surface area contributed by atoms with Crippen molar-refractivity contribution in [3.05, 3.63) is 58.4 Å². The van der Waals surface area contributed by atoms with Gasteiger partial charge in [0.15, 0.2) is 0 Å². The molecule has 0 amide bonds. The van der Waals surface area contributed by atoms with Gasteiger partial charge in [-0.05, 0) is 30.3 Å². The second-order valence-corrected chi connectivity index (χ2v) is 9.38. The Morgan fingerprint density at radius 3 is 2.53 bits per heavy atom. The molecule has 2 N–H and O–H groups in total. The van der Waals surface area contributed by atoms with Gasteiger partial charge in [-0.3, -0.25) is 0 Å². The molecular weight excluding hydrogens is 480 g/mol. The van der Waals surface area contributed by atoms with Crippen LogP contribution >= 0.6 is 11.6 Å². The largest absolute Gasteiger partial charge is 0.486 e. The smallest absolute Gasteiger partial charge is 0.416 e.